The van der Waals surface area contributed by atoms with Crippen molar-refractivity contribution in [3.8, 4) is 11.5 Å². The molecule has 0 radical (unpaired) electrons. The third-order valence-corrected chi connectivity index (χ3v) is 7.71. The van der Waals surface area contributed by atoms with E-state index in [1.807, 2.05) is 6.08 Å². The summed E-state index contributed by atoms with van der Waals surface area (Å²) in [6.45, 7) is 3.88. The summed E-state index contributed by atoms with van der Waals surface area (Å²) in [5.41, 5.74) is -1.23. The van der Waals surface area contributed by atoms with Crippen molar-refractivity contribution in [1.82, 2.24) is 0 Å². The first-order valence-electron chi connectivity index (χ1n) is 13.2. The highest BCUT2D eigenvalue weighted by Gasteiger charge is 2.41. The number of alkyl halides is 5. The number of halogens is 7. The molecule has 2 saturated carbocycles. The molecular weight excluding hydrogens is 525 g/mol. The van der Waals surface area contributed by atoms with Crippen LogP contribution in [0.25, 0.3) is 0 Å². The van der Waals surface area contributed by atoms with Crippen LogP contribution in [-0.4, -0.2) is 6.36 Å². The lowest BCUT2D eigenvalue weighted by atomic mass is 9.77. The average molecular weight is 557 g/mol. The van der Waals surface area contributed by atoms with Crippen LogP contribution >= 0.6 is 0 Å². The first-order chi connectivity index (χ1) is 18.4. The molecule has 0 bridgehead atoms. The number of ether oxygens (including phenoxy) is 2. The zero-order chi connectivity index (χ0) is 28.2. The predicted molar refractivity (Wildman–Crippen MR) is 133 cm³/mol. The molecule has 0 aromatic heterocycles. The second-order valence-electron chi connectivity index (χ2n) is 10.4. The second kappa shape index (κ2) is 12.0. The minimum atomic E-state index is -4.96. The van der Waals surface area contributed by atoms with Crippen molar-refractivity contribution in [3.05, 3.63) is 84.0 Å². The van der Waals surface area contributed by atoms with E-state index in [2.05, 4.69) is 28.2 Å². The predicted octanol–water partition coefficient (Wildman–Crippen LogP) is 9.81. The lowest BCUT2D eigenvalue weighted by Crippen LogP contribution is -2.25. The van der Waals surface area contributed by atoms with Gasteiger partial charge in [-0.3, -0.25) is 0 Å². The summed E-state index contributed by atoms with van der Waals surface area (Å²) in [6.07, 6.45) is 4.95. The summed E-state index contributed by atoms with van der Waals surface area (Å²) >= 11 is 0. The van der Waals surface area contributed by atoms with Crippen LogP contribution in [0.15, 0.2) is 61.2 Å². The molecule has 0 unspecified atom stereocenters. The molecule has 2 aromatic carbocycles. The van der Waals surface area contributed by atoms with Crippen LogP contribution in [0, 0.1) is 29.4 Å². The normalized spacial score (nSPS) is 24.5. The molecule has 0 spiro atoms. The van der Waals surface area contributed by atoms with Gasteiger partial charge >= 0.3 is 12.5 Å². The zero-order valence-corrected chi connectivity index (χ0v) is 21.3. The molecule has 0 atom stereocenters. The van der Waals surface area contributed by atoms with Crippen molar-refractivity contribution < 1.29 is 40.2 Å². The van der Waals surface area contributed by atoms with E-state index in [0.717, 1.165) is 74.9 Å². The third-order valence-electron chi connectivity index (χ3n) is 7.71. The highest BCUT2D eigenvalue weighted by molar-refractivity contribution is 5.34. The Morgan fingerprint density at radius 1 is 0.667 bits per heavy atom. The van der Waals surface area contributed by atoms with E-state index in [-0.39, 0.29) is 5.92 Å². The van der Waals surface area contributed by atoms with E-state index < -0.39 is 41.2 Å². The second-order valence-corrected chi connectivity index (χ2v) is 10.4. The Morgan fingerprint density at radius 3 is 1.56 bits per heavy atom. The summed E-state index contributed by atoms with van der Waals surface area (Å²) in [7, 11) is 0. The number of allylic oxidation sites excluding steroid dienone is 3. The molecular formula is C30H31F7O2. The molecule has 0 amide bonds. The Bertz CT molecular complexity index is 1120. The van der Waals surface area contributed by atoms with Crippen LogP contribution in [0.2, 0.25) is 0 Å². The van der Waals surface area contributed by atoms with Gasteiger partial charge in [-0.1, -0.05) is 18.2 Å². The van der Waals surface area contributed by atoms with Gasteiger partial charge in [-0.25, -0.2) is 8.78 Å². The van der Waals surface area contributed by atoms with Crippen LogP contribution in [0.4, 0.5) is 30.7 Å². The fourth-order valence-corrected chi connectivity index (χ4v) is 5.55. The average Bonchev–Trinajstić information content (AvgIpc) is 2.87. The molecule has 39 heavy (non-hydrogen) atoms. The Labute approximate surface area is 223 Å². The van der Waals surface area contributed by atoms with Crippen molar-refractivity contribution in [1.29, 1.82) is 0 Å². The highest BCUT2D eigenvalue weighted by Crippen LogP contribution is 2.41. The molecule has 2 aliphatic rings. The monoisotopic (exact) mass is 556 g/mol. The maximum Gasteiger partial charge on any atom is 0.573 e. The van der Waals surface area contributed by atoms with Crippen molar-refractivity contribution in [2.75, 3.05) is 0 Å². The van der Waals surface area contributed by atoms with Crippen LogP contribution in [0.5, 0.6) is 11.5 Å². The molecule has 2 nitrogen and oxygen atoms in total. The Morgan fingerprint density at radius 2 is 1.10 bits per heavy atom. The summed E-state index contributed by atoms with van der Waals surface area (Å²) in [5, 5.41) is 0. The molecule has 2 fully saturated rings. The van der Waals surface area contributed by atoms with Gasteiger partial charge in [0.25, 0.3) is 0 Å². The fraction of sp³-hybridized carbons (Fsp3) is 0.467. The van der Waals surface area contributed by atoms with Crippen LogP contribution in [0.1, 0.15) is 68.4 Å². The summed E-state index contributed by atoms with van der Waals surface area (Å²) in [5.74, 6) is -2.70. The molecule has 9 heteroatoms. The van der Waals surface area contributed by atoms with Crippen LogP contribution < -0.4 is 9.47 Å². The highest BCUT2D eigenvalue weighted by atomic mass is 19.4. The lowest BCUT2D eigenvalue weighted by Gasteiger charge is -2.29. The smallest absolute Gasteiger partial charge is 0.429 e. The maximum absolute atomic E-state index is 14.8. The van der Waals surface area contributed by atoms with Crippen molar-refractivity contribution >= 4 is 0 Å². The van der Waals surface area contributed by atoms with Gasteiger partial charge in [0, 0.05) is 0 Å². The van der Waals surface area contributed by atoms with E-state index >= 15 is 0 Å². The summed E-state index contributed by atoms with van der Waals surface area (Å²) in [4.78, 5) is 0. The Balaban J connectivity index is 1.36. The molecule has 0 aliphatic heterocycles. The summed E-state index contributed by atoms with van der Waals surface area (Å²) < 4.78 is 104. The quantitative estimate of drug-likeness (QED) is 0.238. The van der Waals surface area contributed by atoms with Crippen LogP contribution in [-0.2, 0) is 6.11 Å². The molecule has 0 heterocycles. The van der Waals surface area contributed by atoms with Crippen molar-refractivity contribution in [2.24, 2.45) is 17.8 Å². The molecule has 2 aromatic rings. The van der Waals surface area contributed by atoms with E-state index in [1.165, 1.54) is 0 Å². The first kappa shape index (κ1) is 29.0. The van der Waals surface area contributed by atoms with Gasteiger partial charge in [-0.2, -0.15) is 8.78 Å². The van der Waals surface area contributed by atoms with E-state index in [0.29, 0.717) is 36.2 Å². The van der Waals surface area contributed by atoms with Gasteiger partial charge in [-0.05, 0) is 117 Å². The van der Waals surface area contributed by atoms with E-state index in [4.69, 9.17) is 0 Å². The number of hydrogen-bond donors (Lipinski definition) is 0. The molecule has 4 rings (SSSR count). The first-order valence-corrected chi connectivity index (χ1v) is 13.2. The van der Waals surface area contributed by atoms with Gasteiger partial charge in [0.1, 0.15) is 28.7 Å². The number of hydrogen-bond acceptors (Lipinski definition) is 2. The van der Waals surface area contributed by atoms with Gasteiger partial charge in [0.05, 0.1) is 0 Å². The van der Waals surface area contributed by atoms with Gasteiger partial charge in [0.2, 0.25) is 0 Å². The van der Waals surface area contributed by atoms with E-state index in [9.17, 15) is 30.7 Å². The standard InChI is InChI=1S/C30H31F7O2/c1-2-19-3-5-20(6-4-19)7-8-21-9-11-22(12-10-21)23-17-26(31)28(27(32)18-23)29(33,34)38-24-13-15-25(16-14-24)39-30(35,36)37/h2,7-8,13-22H,1,3-6,9-12H2/b8-7+. The van der Waals surface area contributed by atoms with Crippen molar-refractivity contribution in [2.45, 2.75) is 69.8 Å². The summed E-state index contributed by atoms with van der Waals surface area (Å²) in [6, 6.07) is 4.95. The van der Waals surface area contributed by atoms with Gasteiger partial charge < -0.3 is 9.47 Å². The molecule has 212 valence electrons. The van der Waals surface area contributed by atoms with E-state index in [1.54, 1.807) is 0 Å². The third kappa shape index (κ3) is 7.79. The largest absolute Gasteiger partial charge is 0.573 e. The topological polar surface area (TPSA) is 18.5 Å². The number of benzene rings is 2. The molecule has 0 saturated heterocycles. The van der Waals surface area contributed by atoms with Gasteiger partial charge in [-0.15, -0.1) is 19.8 Å². The number of rotatable bonds is 8. The zero-order valence-electron chi connectivity index (χ0n) is 21.3. The SMILES string of the molecule is C=CC1CCC(/C=C/C2CCC(c3cc(F)c(C(F)(F)Oc4ccc(OC(F)(F)F)cc4)c(F)c3)CC2)CC1. The van der Waals surface area contributed by atoms with Crippen molar-refractivity contribution in [3.63, 3.8) is 0 Å². The minimum Gasteiger partial charge on any atom is -0.429 e. The molecule has 0 N–H and O–H groups in total. The lowest BCUT2D eigenvalue weighted by molar-refractivity contribution is -0.274. The molecule has 2 aliphatic carbocycles. The minimum absolute atomic E-state index is 0.147. The Hall–Kier alpha value is -2.97. The fourth-order valence-electron chi connectivity index (χ4n) is 5.55. The maximum atomic E-state index is 14.8. The van der Waals surface area contributed by atoms with Crippen LogP contribution in [0.3, 0.4) is 0 Å². The van der Waals surface area contributed by atoms with Gasteiger partial charge in [0.15, 0.2) is 0 Å². The Kier molecular flexibility index (Phi) is 8.96.